The smallest absolute Gasteiger partial charge is 0.128 e. The molecule has 12 heterocycles. The first-order valence-electron chi connectivity index (χ1n) is 52.9. The van der Waals surface area contributed by atoms with Gasteiger partial charge in [0.2, 0.25) is 0 Å². The lowest BCUT2D eigenvalue weighted by atomic mass is 9.85. The highest BCUT2D eigenvalue weighted by atomic mass is 16.5. The van der Waals surface area contributed by atoms with E-state index in [2.05, 4.69) is 361 Å². The highest BCUT2D eigenvalue weighted by Crippen LogP contribution is 2.50. The second kappa shape index (κ2) is 43.9. The summed E-state index contributed by atoms with van der Waals surface area (Å²) in [5.41, 5.74) is 41.2. The minimum absolute atomic E-state index is 0.546. The number of aryl methyl sites for hydroxylation is 4. The quantitative estimate of drug-likeness (QED) is 0.0213. The summed E-state index contributed by atoms with van der Waals surface area (Å²) in [5.74, 6) is 11.7. The van der Waals surface area contributed by atoms with Gasteiger partial charge in [0.1, 0.15) is 96.0 Å². The zero-order chi connectivity index (χ0) is 101. The molecule has 18 aromatic rings. The number of nitrogens with zero attached hydrogens (tertiary/aromatic N) is 8. The van der Waals surface area contributed by atoms with E-state index in [1.807, 2.05) is 24.8 Å². The monoisotopic (exact) mass is 1940 g/mol. The highest BCUT2D eigenvalue weighted by Gasteiger charge is 2.31. The summed E-state index contributed by atoms with van der Waals surface area (Å²) < 4.78 is 25.1. The van der Waals surface area contributed by atoms with E-state index in [1.54, 1.807) is 0 Å². The summed E-state index contributed by atoms with van der Waals surface area (Å²) in [6.45, 7) is 26.0. The Morgan fingerprint density at radius 2 is 0.592 bits per heavy atom. The molecular formula is C127H130N16O4. The van der Waals surface area contributed by atoms with Crippen LogP contribution in [0.4, 0.5) is 0 Å². The normalized spacial score (nSPS) is 13.7. The number of ether oxygens (including phenoxy) is 4. The summed E-state index contributed by atoms with van der Waals surface area (Å²) in [4.78, 5) is 66.0. The molecule has 0 saturated heterocycles. The van der Waals surface area contributed by atoms with Crippen LogP contribution in [0.1, 0.15) is 219 Å². The van der Waals surface area contributed by atoms with Crippen molar-refractivity contribution in [1.82, 2.24) is 79.7 Å². The van der Waals surface area contributed by atoms with E-state index in [-0.39, 0.29) is 0 Å². The van der Waals surface area contributed by atoms with Crippen LogP contribution in [0.3, 0.4) is 0 Å². The molecule has 0 amide bonds. The van der Waals surface area contributed by atoms with E-state index in [0.29, 0.717) is 26.4 Å². The topological polar surface area (TPSA) is 266 Å². The van der Waals surface area contributed by atoms with E-state index in [9.17, 15) is 0 Å². The molecule has 0 bridgehead atoms. The van der Waals surface area contributed by atoms with Crippen LogP contribution in [0, 0.1) is 0 Å². The Morgan fingerprint density at radius 1 is 0.265 bits per heavy atom. The molecule has 0 atom stereocenters. The molecule has 24 rings (SSSR count). The van der Waals surface area contributed by atoms with E-state index in [0.717, 1.165) is 299 Å². The number of nitrogens with one attached hydrogen (secondary N) is 8. The van der Waals surface area contributed by atoms with Gasteiger partial charge in [0.25, 0.3) is 0 Å². The Labute approximate surface area is 860 Å². The number of fused-ring (bicyclic) bond motifs is 24. The molecule has 8 aromatic heterocycles. The minimum atomic E-state index is 0.546. The fraction of sp³-hybridized carbons (Fsp3) is 0.276. The van der Waals surface area contributed by atoms with Crippen molar-refractivity contribution < 1.29 is 18.9 Å². The van der Waals surface area contributed by atoms with Crippen LogP contribution in [0.25, 0.3) is 156 Å². The number of H-pyrrole nitrogens is 8. The van der Waals surface area contributed by atoms with Gasteiger partial charge in [-0.3, -0.25) is 0 Å². The van der Waals surface area contributed by atoms with Gasteiger partial charge in [0, 0.05) is 118 Å². The molecular weight excluding hydrogens is 1810 g/mol. The lowest BCUT2D eigenvalue weighted by Gasteiger charge is -2.25. The number of benzene rings is 10. The van der Waals surface area contributed by atoms with Gasteiger partial charge in [0.05, 0.1) is 81.0 Å². The summed E-state index contributed by atoms with van der Waals surface area (Å²) in [6.07, 6.45) is 55.3. The fourth-order valence-electron chi connectivity index (χ4n) is 20.5. The first-order chi connectivity index (χ1) is 72.1. The predicted molar refractivity (Wildman–Crippen MR) is 598 cm³/mol. The van der Waals surface area contributed by atoms with Gasteiger partial charge in [-0.1, -0.05) is 200 Å². The van der Waals surface area contributed by atoms with Gasteiger partial charge in [-0.2, -0.15) is 0 Å². The van der Waals surface area contributed by atoms with Crippen LogP contribution >= 0.6 is 0 Å². The minimum Gasteiger partial charge on any atom is -0.488 e. The van der Waals surface area contributed by atoms with E-state index < -0.39 is 0 Å². The predicted octanol–water partition coefficient (Wildman–Crippen LogP) is 30.8. The molecule has 0 fully saturated rings. The zero-order valence-electron chi connectivity index (χ0n) is 86.4. The first kappa shape index (κ1) is 97.1. The fourth-order valence-corrected chi connectivity index (χ4v) is 20.5. The number of aromatic amines is 8. The Hall–Kier alpha value is -16.0. The van der Waals surface area contributed by atoms with Crippen molar-refractivity contribution in [2.75, 3.05) is 0 Å². The summed E-state index contributed by atoms with van der Waals surface area (Å²) in [5, 5.41) is 4.65. The van der Waals surface area contributed by atoms with Crippen molar-refractivity contribution in [3.63, 3.8) is 0 Å². The molecule has 0 saturated carbocycles. The number of imidazole rings is 8. The van der Waals surface area contributed by atoms with Crippen molar-refractivity contribution in [3.05, 3.63) is 357 Å². The largest absolute Gasteiger partial charge is 0.488 e. The van der Waals surface area contributed by atoms with Crippen molar-refractivity contribution >= 4 is 43.6 Å². The molecule has 147 heavy (non-hydrogen) atoms. The lowest BCUT2D eigenvalue weighted by molar-refractivity contribution is 0.302. The second-order valence-corrected chi connectivity index (χ2v) is 39.3. The third-order valence-electron chi connectivity index (χ3n) is 29.1. The Kier molecular flexibility index (Phi) is 29.0. The van der Waals surface area contributed by atoms with Crippen LogP contribution < -0.4 is 18.9 Å². The van der Waals surface area contributed by atoms with Crippen LogP contribution in [0.5, 0.6) is 23.0 Å². The third kappa shape index (κ3) is 21.1. The van der Waals surface area contributed by atoms with E-state index >= 15 is 0 Å². The van der Waals surface area contributed by atoms with Gasteiger partial charge in [-0.25, -0.2) is 39.9 Å². The number of allylic oxidation sites excluding steroid dienone is 16. The van der Waals surface area contributed by atoms with E-state index in [4.69, 9.17) is 38.9 Å². The second-order valence-electron chi connectivity index (χ2n) is 39.3. The summed E-state index contributed by atoms with van der Waals surface area (Å²) in [7, 11) is 0. The molecule has 742 valence electrons. The average molecular weight is 1940 g/mol. The first-order valence-corrected chi connectivity index (χ1v) is 52.9. The van der Waals surface area contributed by atoms with Crippen molar-refractivity contribution in [1.29, 1.82) is 0 Å². The number of hydrogen-bond acceptors (Lipinski definition) is 12. The Balaban J connectivity index is 0.000000115. The van der Waals surface area contributed by atoms with E-state index in [1.165, 1.54) is 117 Å². The maximum atomic E-state index is 6.31. The Morgan fingerprint density at radius 3 is 1.01 bits per heavy atom. The van der Waals surface area contributed by atoms with Crippen LogP contribution in [0.15, 0.2) is 266 Å². The zero-order valence-corrected chi connectivity index (χ0v) is 86.4. The SMILES string of the molecule is CCC=CCc1ncc(-c2ccc3c(c2)COc2cc4c(cc2-3)CCc2[nH]c(CC=C(C)CC)nc2-4)[nH]1.CCC=CCc1ncc(-c2ccc3c(c2)COc2cc4c(ccc5[nH]c(CC=C(C)CC)nc54)cc2-3)[nH]1.CCC=CCc1ncc(-c2ccc3c(c2)OCc2cc4c(cc2-3)CCc2[nH]c(CC=C(C)CC)nc2-4)[nH]1.CCC=CCc1ncc(-c2ccc3c(c2)OCc2cc4c(ccc5[nH]c(CC=CCC)nc54)cc2-3)[nH]1. The molecule has 10 aromatic carbocycles. The van der Waals surface area contributed by atoms with Crippen molar-refractivity contribution in [3.8, 4) is 135 Å². The molecule has 0 radical (unpaired) electrons. The van der Waals surface area contributed by atoms with Gasteiger partial charge in [-0.15, -0.1) is 0 Å². The molecule has 8 N–H and O–H groups in total. The van der Waals surface area contributed by atoms with Crippen molar-refractivity contribution in [2.45, 2.75) is 231 Å². The number of aromatic nitrogens is 16. The highest BCUT2D eigenvalue weighted by molar-refractivity contribution is 6.08. The third-order valence-corrected chi connectivity index (χ3v) is 29.1. The summed E-state index contributed by atoms with van der Waals surface area (Å²) in [6, 6.07) is 53.0. The standard InChI is InChI=1S/C32H34N4O.C32H32N4O.C32H34N4O.C31H30N4O/c2*1-4-6-7-8-30-33-18-28(35-30)22-10-12-24-23(15-22)19-37-29-17-25-21(16-26(24)29)11-13-27-32(25)36-31(34-27)14-9-20(3)5-2;1-4-6-7-8-30-33-18-28(35-30)22-10-12-24-25-15-21-11-13-27-32(36-31(34-27)14-9-20(3)5-2)26(21)16-23(25)19-37-29(24)17-22;1-3-5-7-9-29-32-18-27(34-29)21-11-13-23-24-15-20-12-14-26-31(35-30(33-26)10-8-6-4-2)25(20)16-22(24)19-36-28(23)17-21/h6-7,9-10,12,15-18H,4-5,8,11,13-14,19H2,1-3H3,(H,33,35)(H,34,36);6-7,9-13,15-18H,4-5,8,14,19H2,1-3H3,(H,33,35)(H,34,36);6-7,9-10,12,15-18H,4-5,8,11,13-14,19H2,1-3H3,(H,33,35)(H,34,36);5-8,11-18H,3-4,9-10,19H2,1-2H3,(H,32,34)(H,33,35). The molecule has 0 spiro atoms. The molecule has 20 heteroatoms. The maximum absolute atomic E-state index is 6.31. The molecule has 4 aliphatic heterocycles. The molecule has 20 nitrogen and oxygen atoms in total. The van der Waals surface area contributed by atoms with Crippen molar-refractivity contribution in [2.24, 2.45) is 0 Å². The van der Waals surface area contributed by atoms with Crippen LogP contribution in [-0.4, -0.2) is 79.7 Å². The summed E-state index contributed by atoms with van der Waals surface area (Å²) >= 11 is 0. The van der Waals surface area contributed by atoms with Gasteiger partial charge in [-0.05, 0) is 272 Å². The number of hydrogen-bond donors (Lipinski definition) is 8. The van der Waals surface area contributed by atoms with Crippen LogP contribution in [0.2, 0.25) is 0 Å². The molecule has 0 unspecified atom stereocenters. The molecule has 2 aliphatic carbocycles. The maximum Gasteiger partial charge on any atom is 0.128 e. The molecule has 6 aliphatic rings. The average Bonchev–Trinajstić information content (AvgIpc) is 1.72. The Bertz CT molecular complexity index is 8000. The van der Waals surface area contributed by atoms with Gasteiger partial charge in [0.15, 0.2) is 0 Å². The van der Waals surface area contributed by atoms with Gasteiger partial charge < -0.3 is 58.8 Å². The lowest BCUT2D eigenvalue weighted by Crippen LogP contribution is -2.10. The van der Waals surface area contributed by atoms with Crippen LogP contribution in [-0.2, 0) is 103 Å². The number of rotatable bonds is 28. The van der Waals surface area contributed by atoms with Gasteiger partial charge >= 0.3 is 0 Å².